The van der Waals surface area contributed by atoms with E-state index in [1.807, 2.05) is 13.8 Å². The molecule has 0 saturated carbocycles. The summed E-state index contributed by atoms with van der Waals surface area (Å²) >= 11 is 6.41. The molecule has 1 unspecified atom stereocenters. The maximum absolute atomic E-state index is 13.0. The number of thioether (sulfide) groups is 1. The van der Waals surface area contributed by atoms with Gasteiger partial charge in [-0.1, -0.05) is 37.0 Å². The highest BCUT2D eigenvalue weighted by Crippen LogP contribution is 2.32. The fourth-order valence-electron chi connectivity index (χ4n) is 2.72. The molecule has 1 aliphatic rings. The SMILES string of the molecule is CCC(CO)Nc1nc2ccccn2c(=O)c1/C=C1\SC(=S)N(CC)C1=O. The van der Waals surface area contributed by atoms with Crippen LogP contribution in [0.4, 0.5) is 5.82 Å². The van der Waals surface area contributed by atoms with Crippen molar-refractivity contribution in [2.24, 2.45) is 0 Å². The zero-order chi connectivity index (χ0) is 19.6. The molecule has 0 spiro atoms. The second-order valence-corrected chi connectivity index (χ2v) is 7.64. The molecule has 1 fully saturated rings. The number of anilines is 1. The van der Waals surface area contributed by atoms with Crippen molar-refractivity contribution >= 4 is 51.7 Å². The van der Waals surface area contributed by atoms with Gasteiger partial charge in [0.05, 0.1) is 23.1 Å². The van der Waals surface area contributed by atoms with Gasteiger partial charge in [-0.15, -0.1) is 0 Å². The number of likely N-dealkylation sites (N-methyl/N-ethyl adjacent to an activating group) is 1. The minimum Gasteiger partial charge on any atom is -0.394 e. The van der Waals surface area contributed by atoms with Crippen LogP contribution in [0.1, 0.15) is 25.8 Å². The van der Waals surface area contributed by atoms with Gasteiger partial charge in [0, 0.05) is 12.7 Å². The first-order valence-corrected chi connectivity index (χ1v) is 9.86. The maximum Gasteiger partial charge on any atom is 0.267 e. The molecule has 142 valence electrons. The van der Waals surface area contributed by atoms with E-state index in [4.69, 9.17) is 12.2 Å². The first-order valence-electron chi connectivity index (χ1n) is 8.64. The van der Waals surface area contributed by atoms with E-state index in [1.54, 1.807) is 24.4 Å². The molecule has 7 nitrogen and oxygen atoms in total. The maximum atomic E-state index is 13.0. The number of aromatic nitrogens is 2. The van der Waals surface area contributed by atoms with Crippen LogP contribution in [-0.4, -0.2) is 48.8 Å². The van der Waals surface area contributed by atoms with Crippen molar-refractivity contribution in [1.29, 1.82) is 0 Å². The smallest absolute Gasteiger partial charge is 0.267 e. The fraction of sp³-hybridized carbons (Fsp3) is 0.333. The number of aliphatic hydroxyl groups is 1. The lowest BCUT2D eigenvalue weighted by atomic mass is 10.2. The standard InChI is InChI=1S/C18H20N4O3S2/c1-3-11(10-23)19-15-12(9-13-17(25)21(4-2)18(26)27-13)16(24)22-8-6-5-7-14(22)20-15/h5-9,11,19,23H,3-4,10H2,1-2H3/b13-9-. The Labute approximate surface area is 166 Å². The average Bonchev–Trinajstić information content (AvgIpc) is 2.95. The van der Waals surface area contributed by atoms with Crippen LogP contribution in [0.15, 0.2) is 34.1 Å². The van der Waals surface area contributed by atoms with Crippen molar-refractivity contribution in [3.63, 3.8) is 0 Å². The number of nitrogens with zero attached hydrogens (tertiary/aromatic N) is 3. The molecule has 2 aromatic rings. The lowest BCUT2D eigenvalue weighted by Gasteiger charge is -2.17. The Bertz CT molecular complexity index is 982. The van der Waals surface area contributed by atoms with Crippen LogP contribution < -0.4 is 10.9 Å². The summed E-state index contributed by atoms with van der Waals surface area (Å²) in [6.45, 7) is 4.16. The highest BCUT2D eigenvalue weighted by atomic mass is 32.2. The minimum absolute atomic E-state index is 0.0935. The number of rotatable bonds is 6. The topological polar surface area (TPSA) is 86.9 Å². The number of carbonyl (C=O) groups is 1. The second-order valence-electron chi connectivity index (χ2n) is 5.97. The third-order valence-electron chi connectivity index (χ3n) is 4.29. The van der Waals surface area contributed by atoms with E-state index in [1.165, 1.54) is 27.1 Å². The summed E-state index contributed by atoms with van der Waals surface area (Å²) in [6.07, 6.45) is 3.83. The quantitative estimate of drug-likeness (QED) is 0.563. The van der Waals surface area contributed by atoms with Gasteiger partial charge in [-0.3, -0.25) is 18.9 Å². The lowest BCUT2D eigenvalue weighted by molar-refractivity contribution is -0.121. The van der Waals surface area contributed by atoms with Crippen molar-refractivity contribution in [1.82, 2.24) is 14.3 Å². The predicted molar refractivity (Wildman–Crippen MR) is 112 cm³/mol. The Morgan fingerprint density at radius 1 is 1.37 bits per heavy atom. The normalized spacial score (nSPS) is 17.1. The van der Waals surface area contributed by atoms with E-state index >= 15 is 0 Å². The summed E-state index contributed by atoms with van der Waals surface area (Å²) in [5.41, 5.74) is 0.455. The molecule has 27 heavy (non-hydrogen) atoms. The summed E-state index contributed by atoms with van der Waals surface area (Å²) in [7, 11) is 0. The van der Waals surface area contributed by atoms with Gasteiger partial charge < -0.3 is 10.4 Å². The van der Waals surface area contributed by atoms with Crippen LogP contribution in [0.3, 0.4) is 0 Å². The van der Waals surface area contributed by atoms with Gasteiger partial charge in [-0.05, 0) is 31.6 Å². The van der Waals surface area contributed by atoms with Gasteiger partial charge in [-0.25, -0.2) is 4.98 Å². The molecule has 0 aliphatic carbocycles. The molecule has 2 aromatic heterocycles. The highest BCUT2D eigenvalue weighted by Gasteiger charge is 2.31. The molecule has 1 aliphatic heterocycles. The summed E-state index contributed by atoms with van der Waals surface area (Å²) in [5.74, 6) is 0.124. The molecule has 2 N–H and O–H groups in total. The molecule has 1 amide bonds. The van der Waals surface area contributed by atoms with Gasteiger partial charge in [0.15, 0.2) is 0 Å². The molecule has 0 bridgehead atoms. The number of hydrogen-bond acceptors (Lipinski definition) is 7. The van der Waals surface area contributed by atoms with Crippen LogP contribution >= 0.6 is 24.0 Å². The number of aliphatic hydroxyl groups excluding tert-OH is 1. The average molecular weight is 405 g/mol. The Kier molecular flexibility index (Phi) is 5.93. The second kappa shape index (κ2) is 8.20. The van der Waals surface area contributed by atoms with Crippen LogP contribution in [0.25, 0.3) is 11.7 Å². The van der Waals surface area contributed by atoms with Gasteiger partial charge >= 0.3 is 0 Å². The Hall–Kier alpha value is -2.23. The Morgan fingerprint density at radius 2 is 2.15 bits per heavy atom. The molecular formula is C18H20N4O3S2. The summed E-state index contributed by atoms with van der Waals surface area (Å²) in [5, 5.41) is 12.6. The van der Waals surface area contributed by atoms with Crippen LogP contribution in [0.5, 0.6) is 0 Å². The van der Waals surface area contributed by atoms with Gasteiger partial charge in [0.1, 0.15) is 15.8 Å². The Balaban J connectivity index is 2.16. The molecule has 3 rings (SSSR count). The number of thiocarbonyl (C=S) groups is 1. The summed E-state index contributed by atoms with van der Waals surface area (Å²) in [4.78, 5) is 32.0. The van der Waals surface area contributed by atoms with Crippen LogP contribution in [-0.2, 0) is 4.79 Å². The largest absolute Gasteiger partial charge is 0.394 e. The van der Waals surface area contributed by atoms with E-state index in [2.05, 4.69) is 10.3 Å². The van der Waals surface area contributed by atoms with Crippen molar-refractivity contribution in [3.8, 4) is 0 Å². The molecule has 1 saturated heterocycles. The zero-order valence-electron chi connectivity index (χ0n) is 15.0. The molecular weight excluding hydrogens is 384 g/mol. The molecule has 1 atom stereocenters. The monoisotopic (exact) mass is 404 g/mol. The summed E-state index contributed by atoms with van der Waals surface area (Å²) < 4.78 is 1.90. The van der Waals surface area contributed by atoms with Crippen molar-refractivity contribution < 1.29 is 9.90 Å². The molecule has 0 aromatic carbocycles. The molecule has 9 heteroatoms. The van der Waals surface area contributed by atoms with Crippen LogP contribution in [0.2, 0.25) is 0 Å². The first-order chi connectivity index (χ1) is 13.0. The lowest BCUT2D eigenvalue weighted by Crippen LogP contribution is -2.28. The van der Waals surface area contributed by atoms with E-state index in [0.717, 1.165) is 0 Å². The van der Waals surface area contributed by atoms with Gasteiger partial charge in [-0.2, -0.15) is 0 Å². The number of carbonyl (C=O) groups excluding carboxylic acids is 1. The van der Waals surface area contributed by atoms with Crippen LogP contribution in [0, 0.1) is 0 Å². The minimum atomic E-state index is -0.294. The predicted octanol–water partition coefficient (Wildman–Crippen LogP) is 2.10. The number of pyridine rings is 1. The zero-order valence-corrected chi connectivity index (χ0v) is 16.6. The van der Waals surface area contributed by atoms with Crippen molar-refractivity contribution in [2.75, 3.05) is 18.5 Å². The third-order valence-corrected chi connectivity index (χ3v) is 5.67. The van der Waals surface area contributed by atoms with E-state index in [9.17, 15) is 14.7 Å². The van der Waals surface area contributed by atoms with Gasteiger partial charge in [0.2, 0.25) is 0 Å². The number of fused-ring (bicyclic) bond motifs is 1. The Morgan fingerprint density at radius 3 is 2.78 bits per heavy atom. The van der Waals surface area contributed by atoms with Gasteiger partial charge in [0.25, 0.3) is 11.5 Å². The van der Waals surface area contributed by atoms with E-state index in [-0.39, 0.29) is 29.7 Å². The third kappa shape index (κ3) is 3.76. The number of nitrogens with one attached hydrogen (secondary N) is 1. The fourth-order valence-corrected chi connectivity index (χ4v) is 4.08. The molecule has 3 heterocycles. The van der Waals surface area contributed by atoms with E-state index < -0.39 is 0 Å². The van der Waals surface area contributed by atoms with E-state index in [0.29, 0.717) is 33.7 Å². The first kappa shape index (κ1) is 19.5. The number of amides is 1. The highest BCUT2D eigenvalue weighted by molar-refractivity contribution is 8.26. The van der Waals surface area contributed by atoms with Crippen molar-refractivity contribution in [3.05, 3.63) is 45.2 Å². The van der Waals surface area contributed by atoms with Crippen molar-refractivity contribution in [2.45, 2.75) is 26.3 Å². The molecule has 0 radical (unpaired) electrons. The summed E-state index contributed by atoms with van der Waals surface area (Å²) in [6, 6.07) is 5.01. The number of hydrogen-bond donors (Lipinski definition) is 2.